The Labute approximate surface area is 148 Å². The molecule has 0 atom stereocenters. The maximum Gasteiger partial charge on any atom is 0.255 e. The van der Waals surface area contributed by atoms with Crippen LogP contribution in [-0.4, -0.2) is 18.9 Å². The molecule has 0 fully saturated rings. The van der Waals surface area contributed by atoms with Gasteiger partial charge in [-0.2, -0.15) is 0 Å². The Hall–Kier alpha value is -2.62. The van der Waals surface area contributed by atoms with Gasteiger partial charge in [0.05, 0.1) is 0 Å². The van der Waals surface area contributed by atoms with Crippen LogP contribution in [0.5, 0.6) is 0 Å². The lowest BCUT2D eigenvalue weighted by Crippen LogP contribution is -2.31. The summed E-state index contributed by atoms with van der Waals surface area (Å²) in [5.74, 6) is 0.00359. The average molecular weight is 336 g/mol. The molecule has 1 aliphatic rings. The molecule has 0 unspecified atom stereocenters. The predicted molar refractivity (Wildman–Crippen MR) is 101 cm³/mol. The Morgan fingerprint density at radius 1 is 1.04 bits per heavy atom. The van der Waals surface area contributed by atoms with Gasteiger partial charge in [0.2, 0.25) is 5.91 Å². The van der Waals surface area contributed by atoms with Crippen molar-refractivity contribution >= 4 is 23.2 Å². The topological polar surface area (TPSA) is 49.4 Å². The largest absolute Gasteiger partial charge is 0.322 e. The molecule has 3 rings (SSSR count). The van der Waals surface area contributed by atoms with Gasteiger partial charge < -0.3 is 10.2 Å². The molecular weight excluding hydrogens is 312 g/mol. The summed E-state index contributed by atoms with van der Waals surface area (Å²) in [5, 5.41) is 2.95. The molecule has 1 heterocycles. The van der Waals surface area contributed by atoms with Gasteiger partial charge in [-0.1, -0.05) is 32.9 Å². The number of anilines is 2. The van der Waals surface area contributed by atoms with Crippen LogP contribution in [0.15, 0.2) is 42.5 Å². The molecule has 4 heteroatoms. The minimum atomic E-state index is -0.124. The lowest BCUT2D eigenvalue weighted by atomic mass is 9.87. The fourth-order valence-electron chi connectivity index (χ4n) is 3.06. The van der Waals surface area contributed by atoms with Gasteiger partial charge in [-0.05, 0) is 53.3 Å². The van der Waals surface area contributed by atoms with Crippen LogP contribution < -0.4 is 10.2 Å². The third-order valence-corrected chi connectivity index (χ3v) is 4.69. The smallest absolute Gasteiger partial charge is 0.255 e. The van der Waals surface area contributed by atoms with Crippen molar-refractivity contribution in [3.63, 3.8) is 0 Å². The highest BCUT2D eigenvalue weighted by Crippen LogP contribution is 2.29. The van der Waals surface area contributed by atoms with Crippen LogP contribution in [0, 0.1) is 0 Å². The van der Waals surface area contributed by atoms with Gasteiger partial charge in [-0.15, -0.1) is 0 Å². The highest BCUT2D eigenvalue weighted by molar-refractivity contribution is 6.04. The van der Waals surface area contributed by atoms with Crippen molar-refractivity contribution < 1.29 is 9.59 Å². The average Bonchev–Trinajstić information content (AvgIpc) is 2.57. The fourth-order valence-corrected chi connectivity index (χ4v) is 3.06. The van der Waals surface area contributed by atoms with Gasteiger partial charge >= 0.3 is 0 Å². The molecule has 130 valence electrons. The molecule has 2 aromatic rings. The summed E-state index contributed by atoms with van der Waals surface area (Å²) in [7, 11) is 1.79. The summed E-state index contributed by atoms with van der Waals surface area (Å²) >= 11 is 0. The molecule has 0 aliphatic carbocycles. The molecule has 2 amide bonds. The van der Waals surface area contributed by atoms with E-state index in [0.717, 1.165) is 16.9 Å². The Morgan fingerprint density at radius 2 is 1.72 bits per heavy atom. The Kier molecular flexibility index (Phi) is 4.38. The van der Waals surface area contributed by atoms with E-state index in [4.69, 9.17) is 0 Å². The number of rotatable bonds is 2. The highest BCUT2D eigenvalue weighted by Gasteiger charge is 2.21. The summed E-state index contributed by atoms with van der Waals surface area (Å²) in [5.41, 5.74) is 4.67. The van der Waals surface area contributed by atoms with E-state index in [1.54, 1.807) is 11.9 Å². The van der Waals surface area contributed by atoms with Gasteiger partial charge in [-0.25, -0.2) is 0 Å². The van der Waals surface area contributed by atoms with Crippen LogP contribution in [0.3, 0.4) is 0 Å². The molecule has 0 bridgehead atoms. The number of fused-ring (bicyclic) bond motifs is 1. The molecule has 25 heavy (non-hydrogen) atoms. The number of aryl methyl sites for hydroxylation is 1. The third kappa shape index (κ3) is 3.58. The molecule has 1 aliphatic heterocycles. The van der Waals surface area contributed by atoms with Crippen LogP contribution in [0.1, 0.15) is 48.7 Å². The number of nitrogens with zero attached hydrogens (tertiary/aromatic N) is 1. The van der Waals surface area contributed by atoms with Crippen LogP contribution in [0.4, 0.5) is 11.4 Å². The van der Waals surface area contributed by atoms with Crippen molar-refractivity contribution in [3.05, 3.63) is 59.2 Å². The summed E-state index contributed by atoms with van der Waals surface area (Å²) in [6.07, 6.45) is 1.22. The first-order valence-electron chi connectivity index (χ1n) is 8.57. The van der Waals surface area contributed by atoms with Gasteiger partial charge in [0.15, 0.2) is 0 Å². The molecule has 4 nitrogen and oxygen atoms in total. The van der Waals surface area contributed by atoms with Crippen LogP contribution in [0.25, 0.3) is 0 Å². The molecule has 0 saturated carbocycles. The SMILES string of the molecule is CN1C(=O)CCc2cc(NC(=O)c3ccc(C(C)(C)C)cc3)ccc21. The van der Waals surface area contributed by atoms with Gasteiger partial charge in [0.25, 0.3) is 5.91 Å². The number of carbonyl (C=O) groups is 2. The summed E-state index contributed by atoms with van der Waals surface area (Å²) < 4.78 is 0. The van der Waals surface area contributed by atoms with E-state index < -0.39 is 0 Å². The zero-order valence-electron chi connectivity index (χ0n) is 15.2. The van der Waals surface area contributed by atoms with Crippen molar-refractivity contribution in [2.24, 2.45) is 0 Å². The maximum atomic E-state index is 12.5. The van der Waals surface area contributed by atoms with Crippen molar-refractivity contribution in [3.8, 4) is 0 Å². The van der Waals surface area contributed by atoms with Crippen molar-refractivity contribution in [2.75, 3.05) is 17.3 Å². The number of carbonyl (C=O) groups excluding carboxylic acids is 2. The van der Waals surface area contributed by atoms with Crippen molar-refractivity contribution in [1.29, 1.82) is 0 Å². The molecule has 0 radical (unpaired) electrons. The Morgan fingerprint density at radius 3 is 2.36 bits per heavy atom. The second kappa shape index (κ2) is 6.36. The highest BCUT2D eigenvalue weighted by atomic mass is 16.2. The van der Waals surface area contributed by atoms with Crippen molar-refractivity contribution in [2.45, 2.75) is 39.0 Å². The van der Waals surface area contributed by atoms with E-state index in [2.05, 4.69) is 26.1 Å². The molecule has 1 N–H and O–H groups in total. The van der Waals surface area contributed by atoms with Gasteiger partial charge in [0, 0.05) is 30.4 Å². The number of hydrogen-bond donors (Lipinski definition) is 1. The van der Waals surface area contributed by atoms with E-state index in [1.807, 2.05) is 42.5 Å². The van der Waals surface area contributed by atoms with Gasteiger partial charge in [-0.3, -0.25) is 9.59 Å². The zero-order valence-corrected chi connectivity index (χ0v) is 15.2. The molecule has 0 saturated heterocycles. The van der Waals surface area contributed by atoms with E-state index in [1.165, 1.54) is 5.56 Å². The zero-order chi connectivity index (χ0) is 18.2. The molecule has 0 spiro atoms. The van der Waals surface area contributed by atoms with Crippen LogP contribution in [-0.2, 0) is 16.6 Å². The second-order valence-electron chi connectivity index (χ2n) is 7.58. The number of benzene rings is 2. The third-order valence-electron chi connectivity index (χ3n) is 4.69. The first-order valence-corrected chi connectivity index (χ1v) is 8.57. The monoisotopic (exact) mass is 336 g/mol. The maximum absolute atomic E-state index is 12.5. The number of amides is 2. The standard InChI is InChI=1S/C21H24N2O2/c1-21(2,3)16-8-5-14(6-9-16)20(25)22-17-10-11-18-15(13-17)7-12-19(24)23(18)4/h5-6,8-11,13H,7,12H2,1-4H3,(H,22,25). The van der Waals surface area contributed by atoms with Crippen molar-refractivity contribution in [1.82, 2.24) is 0 Å². The predicted octanol–water partition coefficient (Wildman–Crippen LogP) is 4.15. The van der Waals surface area contributed by atoms with Crippen LogP contribution in [0.2, 0.25) is 0 Å². The Bertz CT molecular complexity index is 817. The normalized spacial score (nSPS) is 14.2. The fraction of sp³-hybridized carbons (Fsp3) is 0.333. The molecule has 2 aromatic carbocycles. The van der Waals surface area contributed by atoms with E-state index in [-0.39, 0.29) is 17.2 Å². The number of nitrogens with one attached hydrogen (secondary N) is 1. The lowest BCUT2D eigenvalue weighted by molar-refractivity contribution is -0.118. The summed E-state index contributed by atoms with van der Waals surface area (Å²) in [4.78, 5) is 25.9. The van der Waals surface area contributed by atoms with E-state index in [0.29, 0.717) is 18.4 Å². The summed E-state index contributed by atoms with van der Waals surface area (Å²) in [6, 6.07) is 13.4. The van der Waals surface area contributed by atoms with E-state index in [9.17, 15) is 9.59 Å². The van der Waals surface area contributed by atoms with Crippen LogP contribution >= 0.6 is 0 Å². The first-order chi connectivity index (χ1) is 11.8. The quantitative estimate of drug-likeness (QED) is 0.896. The first kappa shape index (κ1) is 17.2. The molecular formula is C21H24N2O2. The Balaban J connectivity index is 1.76. The van der Waals surface area contributed by atoms with Gasteiger partial charge in [0.1, 0.15) is 0 Å². The minimum absolute atomic E-state index is 0.0664. The summed E-state index contributed by atoms with van der Waals surface area (Å²) in [6.45, 7) is 6.45. The molecule has 0 aromatic heterocycles. The second-order valence-corrected chi connectivity index (χ2v) is 7.58. The van der Waals surface area contributed by atoms with E-state index >= 15 is 0 Å². The minimum Gasteiger partial charge on any atom is -0.322 e. The lowest BCUT2D eigenvalue weighted by Gasteiger charge is -2.26. The number of hydrogen-bond acceptors (Lipinski definition) is 2.